The molecule has 3 nitrogen and oxygen atoms in total. The minimum Gasteiger partial charge on any atom is -0.481 e. The fourth-order valence-corrected chi connectivity index (χ4v) is 1.12. The van der Waals surface area contributed by atoms with Crippen molar-refractivity contribution in [1.29, 1.82) is 0 Å². The number of halogens is 1. The zero-order chi connectivity index (χ0) is 11.4. The van der Waals surface area contributed by atoms with Gasteiger partial charge in [0.2, 0.25) is 0 Å². The number of carbonyl (C=O) groups is 1. The first-order chi connectivity index (χ1) is 7.00. The fourth-order valence-electron chi connectivity index (χ4n) is 1.12. The van der Waals surface area contributed by atoms with Crippen LogP contribution in [0.2, 0.25) is 0 Å². The maximum Gasteiger partial charge on any atom is 0.308 e. The maximum absolute atomic E-state index is 13.2. The molecule has 82 valence electrons. The highest BCUT2D eigenvalue weighted by Crippen LogP contribution is 2.15. The van der Waals surface area contributed by atoms with Gasteiger partial charge in [0.1, 0.15) is 5.82 Å². The zero-order valence-corrected chi connectivity index (χ0v) is 8.75. The third-order valence-corrected chi connectivity index (χ3v) is 2.14. The van der Waals surface area contributed by atoms with Gasteiger partial charge in [0, 0.05) is 6.54 Å². The van der Waals surface area contributed by atoms with Gasteiger partial charge in [0.25, 0.3) is 0 Å². The lowest BCUT2D eigenvalue weighted by Crippen LogP contribution is -2.20. The van der Waals surface area contributed by atoms with E-state index in [1.54, 1.807) is 19.1 Å². The topological polar surface area (TPSA) is 49.3 Å². The molecule has 4 heteroatoms. The molecular weight excluding hydrogens is 197 g/mol. The van der Waals surface area contributed by atoms with E-state index >= 15 is 0 Å². The van der Waals surface area contributed by atoms with E-state index in [4.69, 9.17) is 5.11 Å². The van der Waals surface area contributed by atoms with Gasteiger partial charge in [-0.2, -0.15) is 0 Å². The molecule has 0 spiro atoms. The van der Waals surface area contributed by atoms with Crippen LogP contribution >= 0.6 is 0 Å². The summed E-state index contributed by atoms with van der Waals surface area (Å²) in [6.07, 6.45) is 0. The number of carboxylic acids is 1. The fraction of sp³-hybridized carbons (Fsp3) is 0.364. The number of hydrogen-bond donors (Lipinski definition) is 2. The molecule has 0 aliphatic rings. The van der Waals surface area contributed by atoms with E-state index in [1.165, 1.54) is 6.07 Å². The lowest BCUT2D eigenvalue weighted by Gasteiger charge is -2.10. The van der Waals surface area contributed by atoms with E-state index in [-0.39, 0.29) is 12.4 Å². The molecule has 1 rings (SSSR count). The van der Waals surface area contributed by atoms with Crippen molar-refractivity contribution in [3.8, 4) is 0 Å². The first-order valence-corrected chi connectivity index (χ1v) is 4.73. The summed E-state index contributed by atoms with van der Waals surface area (Å²) in [5, 5.41) is 11.4. The summed E-state index contributed by atoms with van der Waals surface area (Å²) in [6, 6.07) is 4.69. The second-order valence-corrected chi connectivity index (χ2v) is 3.60. The predicted octanol–water partition coefficient (Wildman–Crippen LogP) is 2.27. The molecule has 1 atom stereocenters. The zero-order valence-electron chi connectivity index (χ0n) is 8.75. The number of aryl methyl sites for hydroxylation is 1. The predicted molar refractivity (Wildman–Crippen MR) is 56.4 cm³/mol. The minimum absolute atomic E-state index is 0.218. The highest BCUT2D eigenvalue weighted by atomic mass is 19.1. The molecule has 0 amide bonds. The molecule has 0 aromatic heterocycles. The van der Waals surface area contributed by atoms with E-state index in [0.29, 0.717) is 5.69 Å². The summed E-state index contributed by atoms with van der Waals surface area (Å²) in [5.41, 5.74) is 1.28. The van der Waals surface area contributed by atoms with Gasteiger partial charge in [-0.25, -0.2) is 4.39 Å². The van der Waals surface area contributed by atoms with Gasteiger partial charge in [-0.1, -0.05) is 13.0 Å². The molecule has 0 heterocycles. The number of hydrogen-bond acceptors (Lipinski definition) is 2. The van der Waals surface area contributed by atoms with Crippen molar-refractivity contribution in [2.75, 3.05) is 11.9 Å². The lowest BCUT2D eigenvalue weighted by molar-refractivity contribution is -0.140. The molecule has 2 N–H and O–H groups in total. The normalized spacial score (nSPS) is 12.2. The number of benzene rings is 1. The molecule has 0 fully saturated rings. The molecule has 0 aliphatic carbocycles. The molecular formula is C11H14FNO2. The van der Waals surface area contributed by atoms with Crippen molar-refractivity contribution in [2.24, 2.45) is 5.92 Å². The highest BCUT2D eigenvalue weighted by Gasteiger charge is 2.11. The van der Waals surface area contributed by atoms with Gasteiger partial charge in [-0.15, -0.1) is 0 Å². The van der Waals surface area contributed by atoms with Crippen molar-refractivity contribution < 1.29 is 14.3 Å². The maximum atomic E-state index is 13.2. The van der Waals surface area contributed by atoms with E-state index in [1.807, 2.05) is 6.92 Å². The first-order valence-electron chi connectivity index (χ1n) is 4.73. The van der Waals surface area contributed by atoms with Crippen molar-refractivity contribution in [3.63, 3.8) is 0 Å². The van der Waals surface area contributed by atoms with Gasteiger partial charge in [0.05, 0.1) is 11.6 Å². The number of aliphatic carboxylic acids is 1. The second kappa shape index (κ2) is 4.77. The molecule has 1 aromatic carbocycles. The van der Waals surface area contributed by atoms with Crippen LogP contribution in [0, 0.1) is 18.7 Å². The van der Waals surface area contributed by atoms with Crippen LogP contribution < -0.4 is 5.32 Å². The minimum atomic E-state index is -0.893. The van der Waals surface area contributed by atoms with Crippen molar-refractivity contribution in [3.05, 3.63) is 29.6 Å². The Morgan fingerprint density at radius 2 is 2.27 bits per heavy atom. The van der Waals surface area contributed by atoms with Gasteiger partial charge in [0.15, 0.2) is 0 Å². The Balaban J connectivity index is 2.65. The van der Waals surface area contributed by atoms with Crippen LogP contribution in [0.4, 0.5) is 10.1 Å². The monoisotopic (exact) mass is 211 g/mol. The molecule has 1 unspecified atom stereocenters. The van der Waals surface area contributed by atoms with Crippen LogP contribution in [0.5, 0.6) is 0 Å². The summed E-state index contributed by atoms with van der Waals surface area (Å²) in [5.74, 6) is -1.79. The van der Waals surface area contributed by atoms with Gasteiger partial charge in [-0.05, 0) is 24.6 Å². The SMILES string of the molecule is Cc1ccc(F)c(NCC(C)C(=O)O)c1. The Kier molecular flexibility index (Phi) is 3.66. The molecule has 0 radical (unpaired) electrons. The first kappa shape index (κ1) is 11.5. The third-order valence-electron chi connectivity index (χ3n) is 2.14. The summed E-state index contributed by atoms with van der Waals surface area (Å²) in [4.78, 5) is 10.5. The van der Waals surface area contributed by atoms with Crippen molar-refractivity contribution in [2.45, 2.75) is 13.8 Å². The van der Waals surface area contributed by atoms with Crippen molar-refractivity contribution in [1.82, 2.24) is 0 Å². The molecule has 0 aliphatic heterocycles. The lowest BCUT2D eigenvalue weighted by atomic mass is 10.1. The van der Waals surface area contributed by atoms with Crippen LogP contribution in [0.3, 0.4) is 0 Å². The quantitative estimate of drug-likeness (QED) is 0.803. The molecule has 0 saturated carbocycles. The van der Waals surface area contributed by atoms with Crippen LogP contribution in [0.1, 0.15) is 12.5 Å². The highest BCUT2D eigenvalue weighted by molar-refractivity contribution is 5.70. The van der Waals surface area contributed by atoms with Crippen LogP contribution in [0.15, 0.2) is 18.2 Å². The van der Waals surface area contributed by atoms with Gasteiger partial charge in [-0.3, -0.25) is 4.79 Å². The van der Waals surface area contributed by atoms with E-state index < -0.39 is 11.9 Å². The Morgan fingerprint density at radius 1 is 1.60 bits per heavy atom. The summed E-state index contributed by atoms with van der Waals surface area (Å²) in [7, 11) is 0. The van der Waals surface area contributed by atoms with Gasteiger partial charge < -0.3 is 10.4 Å². The molecule has 15 heavy (non-hydrogen) atoms. The Labute approximate surface area is 87.9 Å². The smallest absolute Gasteiger partial charge is 0.308 e. The Hall–Kier alpha value is -1.58. The largest absolute Gasteiger partial charge is 0.481 e. The van der Waals surface area contributed by atoms with Crippen molar-refractivity contribution >= 4 is 11.7 Å². The number of nitrogens with one attached hydrogen (secondary N) is 1. The average molecular weight is 211 g/mol. The number of rotatable bonds is 4. The Morgan fingerprint density at radius 3 is 2.87 bits per heavy atom. The standard InChI is InChI=1S/C11H14FNO2/c1-7-3-4-9(12)10(5-7)13-6-8(2)11(14)15/h3-5,8,13H,6H2,1-2H3,(H,14,15). The van der Waals surface area contributed by atoms with Crippen LogP contribution in [-0.4, -0.2) is 17.6 Å². The van der Waals surface area contributed by atoms with Crippen LogP contribution in [0.25, 0.3) is 0 Å². The summed E-state index contributed by atoms with van der Waals surface area (Å²) >= 11 is 0. The van der Waals surface area contributed by atoms with E-state index in [9.17, 15) is 9.18 Å². The van der Waals surface area contributed by atoms with Crippen LogP contribution in [-0.2, 0) is 4.79 Å². The third kappa shape index (κ3) is 3.23. The Bertz CT molecular complexity index is 366. The summed E-state index contributed by atoms with van der Waals surface area (Å²) < 4.78 is 13.2. The molecule has 0 saturated heterocycles. The van der Waals surface area contributed by atoms with E-state index in [2.05, 4.69) is 5.32 Å². The number of carboxylic acid groups (broad SMARTS) is 1. The summed E-state index contributed by atoms with van der Waals surface area (Å²) in [6.45, 7) is 3.64. The number of anilines is 1. The second-order valence-electron chi connectivity index (χ2n) is 3.60. The molecule has 1 aromatic rings. The van der Waals surface area contributed by atoms with E-state index in [0.717, 1.165) is 5.56 Å². The molecule has 0 bridgehead atoms. The average Bonchev–Trinajstić information content (AvgIpc) is 2.18. The van der Waals surface area contributed by atoms with Gasteiger partial charge >= 0.3 is 5.97 Å².